The molecule has 0 unspecified atom stereocenters. The lowest BCUT2D eigenvalue weighted by molar-refractivity contribution is 0.122. The smallest absolute Gasteiger partial charge is 0.156 e. The lowest BCUT2D eigenvalue weighted by atomic mass is 10.0. The van der Waals surface area contributed by atoms with Crippen LogP contribution >= 0.6 is 0 Å². The number of rotatable bonds is 3. The number of imidazole rings is 1. The van der Waals surface area contributed by atoms with Crippen molar-refractivity contribution in [3.05, 3.63) is 48.4 Å². The summed E-state index contributed by atoms with van der Waals surface area (Å²) >= 11 is 0. The zero-order chi connectivity index (χ0) is 20.0. The number of morpholine rings is 1. The minimum atomic E-state index is -0.284. The van der Waals surface area contributed by atoms with Gasteiger partial charge >= 0.3 is 0 Å². The molecule has 0 radical (unpaired) electrons. The molecule has 29 heavy (non-hydrogen) atoms. The number of hydrogen-bond donors (Lipinski definition) is 1. The first-order chi connectivity index (χ1) is 14.1. The van der Waals surface area contributed by atoms with E-state index in [-0.39, 0.29) is 5.82 Å². The lowest BCUT2D eigenvalue weighted by Crippen LogP contribution is -2.37. The summed E-state index contributed by atoms with van der Waals surface area (Å²) in [5.41, 5.74) is 9.68. The summed E-state index contributed by atoms with van der Waals surface area (Å²) in [5, 5.41) is 9.50. The largest absolute Gasteiger partial charge is 0.382 e. The van der Waals surface area contributed by atoms with Gasteiger partial charge in [0.2, 0.25) is 0 Å². The molecule has 0 atom stereocenters. The summed E-state index contributed by atoms with van der Waals surface area (Å²) in [6.45, 7) is 2.83. The van der Waals surface area contributed by atoms with E-state index in [9.17, 15) is 4.39 Å². The molecule has 8 nitrogen and oxygen atoms in total. The molecule has 1 fully saturated rings. The number of nitrogen functional groups attached to an aromatic ring is 1. The second-order valence-corrected chi connectivity index (χ2v) is 6.96. The van der Waals surface area contributed by atoms with Crippen molar-refractivity contribution in [3.8, 4) is 22.5 Å². The normalized spacial score (nSPS) is 14.6. The number of anilines is 2. The summed E-state index contributed by atoms with van der Waals surface area (Å²) in [7, 11) is 1.91. The monoisotopic (exact) mass is 393 g/mol. The van der Waals surface area contributed by atoms with Crippen molar-refractivity contribution in [3.63, 3.8) is 0 Å². The van der Waals surface area contributed by atoms with Gasteiger partial charge in [-0.15, -0.1) is 0 Å². The molecular formula is C20H20FN7O. The van der Waals surface area contributed by atoms with Gasteiger partial charge in [0, 0.05) is 25.7 Å². The number of nitrogens with two attached hydrogens (primary N) is 1. The van der Waals surface area contributed by atoms with Crippen LogP contribution in [0.1, 0.15) is 0 Å². The van der Waals surface area contributed by atoms with E-state index in [1.165, 1.54) is 12.1 Å². The summed E-state index contributed by atoms with van der Waals surface area (Å²) in [6, 6.07) is 10.1. The number of nitrogens with zero attached hydrogens (tertiary/aromatic N) is 6. The number of halogens is 1. The third kappa shape index (κ3) is 3.09. The average Bonchev–Trinajstić information content (AvgIpc) is 3.27. The first kappa shape index (κ1) is 17.6. The van der Waals surface area contributed by atoms with E-state index in [1.54, 1.807) is 22.8 Å². The van der Waals surface area contributed by atoms with Crippen molar-refractivity contribution < 1.29 is 9.13 Å². The molecule has 1 aliphatic rings. The molecule has 1 aliphatic heterocycles. The Kier molecular flexibility index (Phi) is 4.17. The second kappa shape index (κ2) is 6.85. The van der Waals surface area contributed by atoms with Crippen molar-refractivity contribution in [1.82, 2.24) is 24.4 Å². The Labute approximate surface area is 166 Å². The topological polar surface area (TPSA) is 86.5 Å². The predicted octanol–water partition coefficient (Wildman–Crippen LogP) is 2.35. The number of fused-ring (bicyclic) bond motifs is 1. The van der Waals surface area contributed by atoms with Crippen LogP contribution in [0.5, 0.6) is 0 Å². The molecule has 1 saturated heterocycles. The Hall–Kier alpha value is -3.46. The molecule has 2 N–H and O–H groups in total. The Morgan fingerprint density at radius 1 is 1.03 bits per heavy atom. The maximum Gasteiger partial charge on any atom is 0.156 e. The van der Waals surface area contributed by atoms with E-state index < -0.39 is 0 Å². The van der Waals surface area contributed by atoms with Gasteiger partial charge in [-0.25, -0.2) is 13.9 Å². The number of benzene rings is 1. The molecular weight excluding hydrogens is 373 g/mol. The van der Waals surface area contributed by atoms with Crippen LogP contribution in [0.4, 0.5) is 16.0 Å². The van der Waals surface area contributed by atoms with Gasteiger partial charge in [-0.05, 0) is 36.4 Å². The van der Waals surface area contributed by atoms with Crippen molar-refractivity contribution in [2.45, 2.75) is 0 Å². The molecule has 0 spiro atoms. The number of aryl methyl sites for hydroxylation is 1. The van der Waals surface area contributed by atoms with E-state index in [4.69, 9.17) is 20.7 Å². The van der Waals surface area contributed by atoms with Crippen LogP contribution in [0.3, 0.4) is 0 Å². The maximum atomic E-state index is 13.5. The van der Waals surface area contributed by atoms with E-state index in [0.717, 1.165) is 41.4 Å². The van der Waals surface area contributed by atoms with Gasteiger partial charge in [-0.3, -0.25) is 4.68 Å². The average molecular weight is 393 g/mol. The molecule has 0 aliphatic carbocycles. The highest BCUT2D eigenvalue weighted by Crippen LogP contribution is 2.38. The van der Waals surface area contributed by atoms with Gasteiger partial charge in [0.15, 0.2) is 5.65 Å². The van der Waals surface area contributed by atoms with Gasteiger partial charge in [-0.1, -0.05) is 0 Å². The fourth-order valence-corrected chi connectivity index (χ4v) is 3.73. The summed E-state index contributed by atoms with van der Waals surface area (Å²) in [5.74, 6) is 1.08. The Morgan fingerprint density at radius 2 is 1.79 bits per heavy atom. The first-order valence-electron chi connectivity index (χ1n) is 9.38. The Balaban J connectivity index is 1.73. The molecule has 0 amide bonds. The zero-order valence-electron chi connectivity index (χ0n) is 15.9. The summed E-state index contributed by atoms with van der Waals surface area (Å²) < 4.78 is 22.5. The molecule has 5 rings (SSSR count). The molecule has 9 heteroatoms. The Morgan fingerprint density at radius 3 is 2.55 bits per heavy atom. The van der Waals surface area contributed by atoms with Crippen LogP contribution in [0.25, 0.3) is 28.2 Å². The van der Waals surface area contributed by atoms with E-state index in [0.29, 0.717) is 24.7 Å². The maximum absolute atomic E-state index is 13.5. The van der Waals surface area contributed by atoms with Gasteiger partial charge in [0.05, 0.1) is 30.7 Å². The SMILES string of the molecule is Cn1nc(-c2ccc(F)cc2)c(-c2ccc3nc(N)cn3n2)c1N1CCOCC1. The molecule has 0 saturated carbocycles. The lowest BCUT2D eigenvalue weighted by Gasteiger charge is -2.29. The zero-order valence-corrected chi connectivity index (χ0v) is 15.9. The van der Waals surface area contributed by atoms with Crippen LogP contribution in [-0.4, -0.2) is 50.7 Å². The van der Waals surface area contributed by atoms with Crippen LogP contribution in [0.2, 0.25) is 0 Å². The minimum Gasteiger partial charge on any atom is -0.382 e. The van der Waals surface area contributed by atoms with Crippen molar-refractivity contribution in [2.24, 2.45) is 7.05 Å². The fourth-order valence-electron chi connectivity index (χ4n) is 3.73. The van der Waals surface area contributed by atoms with Crippen LogP contribution in [0, 0.1) is 5.82 Å². The number of aromatic nitrogens is 5. The fraction of sp³-hybridized carbons (Fsp3) is 0.250. The number of ether oxygens (including phenoxy) is 1. The minimum absolute atomic E-state index is 0.284. The van der Waals surface area contributed by atoms with Crippen molar-refractivity contribution >= 4 is 17.3 Å². The van der Waals surface area contributed by atoms with Gasteiger partial charge in [-0.2, -0.15) is 10.2 Å². The van der Waals surface area contributed by atoms with Crippen molar-refractivity contribution in [2.75, 3.05) is 36.9 Å². The van der Waals surface area contributed by atoms with Gasteiger partial charge < -0.3 is 15.4 Å². The second-order valence-electron chi connectivity index (χ2n) is 6.96. The molecule has 148 valence electrons. The molecule has 4 heterocycles. The summed E-state index contributed by atoms with van der Waals surface area (Å²) in [4.78, 5) is 6.49. The predicted molar refractivity (Wildman–Crippen MR) is 108 cm³/mol. The van der Waals surface area contributed by atoms with Crippen molar-refractivity contribution in [1.29, 1.82) is 0 Å². The molecule has 4 aromatic rings. The van der Waals surface area contributed by atoms with Crippen LogP contribution in [-0.2, 0) is 11.8 Å². The van der Waals surface area contributed by atoms with E-state index in [1.807, 2.05) is 23.9 Å². The summed E-state index contributed by atoms with van der Waals surface area (Å²) in [6.07, 6.45) is 1.68. The quantitative estimate of drug-likeness (QED) is 0.575. The van der Waals surface area contributed by atoms with Gasteiger partial charge in [0.1, 0.15) is 23.1 Å². The molecule has 1 aromatic carbocycles. The van der Waals surface area contributed by atoms with E-state index >= 15 is 0 Å². The van der Waals surface area contributed by atoms with Gasteiger partial charge in [0.25, 0.3) is 0 Å². The molecule has 3 aromatic heterocycles. The van der Waals surface area contributed by atoms with Crippen LogP contribution in [0.15, 0.2) is 42.6 Å². The highest BCUT2D eigenvalue weighted by atomic mass is 19.1. The van der Waals surface area contributed by atoms with Crippen LogP contribution < -0.4 is 10.6 Å². The Bertz CT molecular complexity index is 1180. The highest BCUT2D eigenvalue weighted by Gasteiger charge is 2.26. The number of hydrogen-bond acceptors (Lipinski definition) is 6. The standard InChI is InChI=1S/C20H20FN7O/c1-26-20(27-8-10-29-11-9-27)18(19(25-26)13-2-4-14(21)5-3-13)15-6-7-17-23-16(22)12-28(17)24-15/h2-7,12H,8-11,22H2,1H3. The third-order valence-corrected chi connectivity index (χ3v) is 5.04. The third-order valence-electron chi connectivity index (χ3n) is 5.04. The van der Waals surface area contributed by atoms with E-state index in [2.05, 4.69) is 9.88 Å². The highest BCUT2D eigenvalue weighted by molar-refractivity contribution is 5.88. The molecule has 0 bridgehead atoms. The first-order valence-corrected chi connectivity index (χ1v) is 9.38.